The van der Waals surface area contributed by atoms with Gasteiger partial charge in [0, 0.05) is 6.42 Å². The molecule has 0 aliphatic carbocycles. The molecule has 1 heterocycles. The number of esters is 1. The predicted octanol–water partition coefficient (Wildman–Crippen LogP) is 0.569. The highest BCUT2D eigenvalue weighted by Gasteiger charge is 2.42. The van der Waals surface area contributed by atoms with Gasteiger partial charge in [0.2, 0.25) is 5.91 Å². The lowest BCUT2D eigenvalue weighted by atomic mass is 9.88. The van der Waals surface area contributed by atoms with Crippen molar-refractivity contribution >= 4 is 17.8 Å². The van der Waals surface area contributed by atoms with Gasteiger partial charge in [0.05, 0.1) is 25.2 Å². The van der Waals surface area contributed by atoms with E-state index in [0.29, 0.717) is 0 Å². The van der Waals surface area contributed by atoms with Crippen LogP contribution in [0.2, 0.25) is 0 Å². The van der Waals surface area contributed by atoms with Crippen molar-refractivity contribution in [2.75, 3.05) is 7.11 Å². The van der Waals surface area contributed by atoms with Crippen molar-refractivity contribution in [1.29, 1.82) is 0 Å². The maximum atomic E-state index is 12.3. The molecule has 0 radical (unpaired) electrons. The molecule has 120 valence electrons. The fourth-order valence-electron chi connectivity index (χ4n) is 2.61. The number of ether oxygens (including phenoxy) is 2. The fraction of sp³-hybridized carbons (Fsp3) is 0.786. The molecule has 0 aromatic heterocycles. The van der Waals surface area contributed by atoms with E-state index in [1.807, 2.05) is 13.8 Å². The van der Waals surface area contributed by atoms with Gasteiger partial charge in [0.1, 0.15) is 6.04 Å². The number of hydrogen-bond donors (Lipinski definition) is 2. The topological polar surface area (TPSA) is 102 Å². The maximum Gasteiger partial charge on any atom is 0.326 e. The quantitative estimate of drug-likeness (QED) is 0.695. The summed E-state index contributed by atoms with van der Waals surface area (Å²) in [6, 6.07) is -1.10. The van der Waals surface area contributed by atoms with Gasteiger partial charge in [0.25, 0.3) is 0 Å². The van der Waals surface area contributed by atoms with E-state index in [9.17, 15) is 14.4 Å². The number of carboxylic acids is 1. The van der Waals surface area contributed by atoms with Crippen LogP contribution in [0.4, 0.5) is 0 Å². The van der Waals surface area contributed by atoms with Gasteiger partial charge >= 0.3 is 11.9 Å². The average Bonchev–Trinajstić information content (AvgIpc) is 2.67. The smallest absolute Gasteiger partial charge is 0.326 e. The number of rotatable bonds is 6. The summed E-state index contributed by atoms with van der Waals surface area (Å²) in [7, 11) is 1.23. The van der Waals surface area contributed by atoms with Crippen LogP contribution in [0.1, 0.15) is 33.6 Å². The van der Waals surface area contributed by atoms with Crippen molar-refractivity contribution in [2.45, 2.75) is 51.9 Å². The molecule has 0 bridgehead atoms. The van der Waals surface area contributed by atoms with Crippen LogP contribution in [0, 0.1) is 11.8 Å². The van der Waals surface area contributed by atoms with Crippen molar-refractivity contribution in [1.82, 2.24) is 5.32 Å². The summed E-state index contributed by atoms with van der Waals surface area (Å²) in [5.74, 6) is -2.40. The van der Waals surface area contributed by atoms with E-state index in [-0.39, 0.29) is 42.8 Å². The molecule has 2 N–H and O–H groups in total. The second-order valence-electron chi connectivity index (χ2n) is 5.45. The summed E-state index contributed by atoms with van der Waals surface area (Å²) in [5.41, 5.74) is 0. The van der Waals surface area contributed by atoms with E-state index in [0.717, 1.165) is 0 Å². The number of nitrogens with one attached hydrogen (secondary N) is 1. The van der Waals surface area contributed by atoms with Gasteiger partial charge in [0.15, 0.2) is 0 Å². The molecule has 0 aromatic carbocycles. The molecule has 1 rings (SSSR count). The number of amides is 1. The van der Waals surface area contributed by atoms with E-state index < -0.39 is 18.0 Å². The number of carbonyl (C=O) groups excluding carboxylic acids is 2. The minimum absolute atomic E-state index is 0.000358. The molecule has 1 fully saturated rings. The first kappa shape index (κ1) is 17.4. The van der Waals surface area contributed by atoms with Gasteiger partial charge in [-0.05, 0) is 26.2 Å². The Morgan fingerprint density at radius 1 is 1.24 bits per heavy atom. The molecule has 5 atom stereocenters. The molecule has 1 amide bonds. The second-order valence-corrected chi connectivity index (χ2v) is 5.45. The highest BCUT2D eigenvalue weighted by Crippen LogP contribution is 2.32. The number of methoxy groups -OCH3 is 1. The van der Waals surface area contributed by atoms with Crippen molar-refractivity contribution in [3.05, 3.63) is 0 Å². The van der Waals surface area contributed by atoms with Crippen LogP contribution < -0.4 is 5.32 Å². The van der Waals surface area contributed by atoms with Crippen LogP contribution in [0.5, 0.6) is 0 Å². The van der Waals surface area contributed by atoms with E-state index in [4.69, 9.17) is 9.84 Å². The number of carbonyl (C=O) groups is 3. The van der Waals surface area contributed by atoms with Crippen molar-refractivity contribution < 1.29 is 29.0 Å². The van der Waals surface area contributed by atoms with Gasteiger partial charge in [-0.25, -0.2) is 4.79 Å². The zero-order chi connectivity index (χ0) is 16.2. The van der Waals surface area contributed by atoms with Crippen LogP contribution >= 0.6 is 0 Å². The minimum Gasteiger partial charge on any atom is -0.480 e. The number of carboxylic acid groups (broad SMARTS) is 1. The number of aliphatic carboxylic acids is 1. The van der Waals surface area contributed by atoms with Gasteiger partial charge in [-0.15, -0.1) is 0 Å². The summed E-state index contributed by atoms with van der Waals surface area (Å²) < 4.78 is 10.1. The third-order valence-corrected chi connectivity index (χ3v) is 4.02. The fourth-order valence-corrected chi connectivity index (χ4v) is 2.61. The molecule has 0 aromatic rings. The lowest BCUT2D eigenvalue weighted by Crippen LogP contribution is -2.46. The summed E-state index contributed by atoms with van der Waals surface area (Å²) >= 11 is 0. The Bertz CT molecular complexity index is 410. The lowest BCUT2D eigenvalue weighted by Gasteiger charge is -2.21. The molecule has 1 saturated heterocycles. The Labute approximate surface area is 124 Å². The van der Waals surface area contributed by atoms with Crippen LogP contribution in [-0.4, -0.2) is 48.3 Å². The number of hydrogen-bond acceptors (Lipinski definition) is 5. The van der Waals surface area contributed by atoms with E-state index in [2.05, 4.69) is 10.1 Å². The Kier molecular flexibility index (Phi) is 6.14. The van der Waals surface area contributed by atoms with Crippen LogP contribution in [0.25, 0.3) is 0 Å². The highest BCUT2D eigenvalue weighted by atomic mass is 16.5. The molecule has 0 spiro atoms. The Balaban J connectivity index is 2.64. The normalized spacial score (nSPS) is 29.7. The first-order valence-electron chi connectivity index (χ1n) is 7.03. The highest BCUT2D eigenvalue weighted by molar-refractivity contribution is 5.86. The van der Waals surface area contributed by atoms with E-state index in [1.165, 1.54) is 7.11 Å². The van der Waals surface area contributed by atoms with Gasteiger partial charge < -0.3 is 19.9 Å². The molecular formula is C14H23NO6. The summed E-state index contributed by atoms with van der Waals surface area (Å²) in [6.45, 7) is 5.59. The Morgan fingerprint density at radius 2 is 1.86 bits per heavy atom. The first-order chi connectivity index (χ1) is 9.77. The van der Waals surface area contributed by atoms with E-state index in [1.54, 1.807) is 6.92 Å². The standard InChI is InChI=1S/C14H23NO6/c1-7-8(2)21-9(3)12(7)13(17)15-10(14(18)19)5-6-11(16)20-4/h7-10,12H,5-6H2,1-4H3,(H,15,17)(H,18,19). The summed E-state index contributed by atoms with van der Waals surface area (Å²) in [5, 5.41) is 11.6. The Morgan fingerprint density at radius 3 is 2.29 bits per heavy atom. The van der Waals surface area contributed by atoms with Crippen molar-refractivity contribution in [2.24, 2.45) is 11.8 Å². The third-order valence-electron chi connectivity index (χ3n) is 4.02. The monoisotopic (exact) mass is 301 g/mol. The van der Waals surface area contributed by atoms with Gasteiger partial charge in [-0.1, -0.05) is 6.92 Å². The van der Waals surface area contributed by atoms with Crippen LogP contribution in [-0.2, 0) is 23.9 Å². The molecule has 0 saturated carbocycles. The summed E-state index contributed by atoms with van der Waals surface area (Å²) in [6.07, 6.45) is -0.366. The lowest BCUT2D eigenvalue weighted by molar-refractivity contribution is -0.145. The largest absolute Gasteiger partial charge is 0.480 e. The predicted molar refractivity (Wildman–Crippen MR) is 73.5 cm³/mol. The molecule has 5 unspecified atom stereocenters. The zero-order valence-corrected chi connectivity index (χ0v) is 12.8. The van der Waals surface area contributed by atoms with Crippen molar-refractivity contribution in [3.63, 3.8) is 0 Å². The van der Waals surface area contributed by atoms with Crippen LogP contribution in [0.15, 0.2) is 0 Å². The molecule has 7 nitrogen and oxygen atoms in total. The maximum absolute atomic E-state index is 12.3. The van der Waals surface area contributed by atoms with Gasteiger partial charge in [-0.2, -0.15) is 0 Å². The molecule has 1 aliphatic heterocycles. The van der Waals surface area contributed by atoms with E-state index >= 15 is 0 Å². The third kappa shape index (κ3) is 4.42. The molecule has 7 heteroatoms. The molecule has 21 heavy (non-hydrogen) atoms. The molecule has 1 aliphatic rings. The van der Waals surface area contributed by atoms with Crippen LogP contribution in [0.3, 0.4) is 0 Å². The van der Waals surface area contributed by atoms with Crippen molar-refractivity contribution in [3.8, 4) is 0 Å². The average molecular weight is 301 g/mol. The second kappa shape index (κ2) is 7.40. The zero-order valence-electron chi connectivity index (χ0n) is 12.8. The van der Waals surface area contributed by atoms with Gasteiger partial charge in [-0.3, -0.25) is 9.59 Å². The minimum atomic E-state index is -1.17. The Hall–Kier alpha value is -1.63. The molecular weight excluding hydrogens is 278 g/mol. The SMILES string of the molecule is COC(=O)CCC(NC(=O)C1C(C)OC(C)C1C)C(=O)O. The first-order valence-corrected chi connectivity index (χ1v) is 7.03. The summed E-state index contributed by atoms with van der Waals surface area (Å²) in [4.78, 5) is 34.5.